The summed E-state index contributed by atoms with van der Waals surface area (Å²) < 4.78 is 15.9. The second-order valence-corrected chi connectivity index (χ2v) is 5.36. The van der Waals surface area contributed by atoms with E-state index in [1.165, 1.54) is 0 Å². The van der Waals surface area contributed by atoms with Crippen LogP contribution in [0.25, 0.3) is 0 Å². The van der Waals surface area contributed by atoms with Crippen LogP contribution < -0.4 is 10.1 Å². The predicted octanol–water partition coefficient (Wildman–Crippen LogP) is 3.03. The largest absolute Gasteiger partial charge is 0.496 e. The highest BCUT2D eigenvalue weighted by molar-refractivity contribution is 5.79. The Hall–Kier alpha value is -3.02. The van der Waals surface area contributed by atoms with Gasteiger partial charge in [-0.05, 0) is 25.1 Å². The van der Waals surface area contributed by atoms with E-state index >= 15 is 0 Å². The van der Waals surface area contributed by atoms with Crippen LogP contribution in [0, 0.1) is 6.92 Å². The van der Waals surface area contributed by atoms with E-state index in [0.29, 0.717) is 23.0 Å². The van der Waals surface area contributed by atoms with Gasteiger partial charge in [-0.25, -0.2) is 0 Å². The van der Waals surface area contributed by atoms with Crippen LogP contribution in [-0.2, 0) is 11.2 Å². The molecule has 0 saturated carbocycles. The van der Waals surface area contributed by atoms with Gasteiger partial charge in [-0.1, -0.05) is 23.4 Å². The zero-order valence-corrected chi connectivity index (χ0v) is 13.5. The van der Waals surface area contributed by atoms with Crippen molar-refractivity contribution < 1.29 is 18.5 Å². The number of furan rings is 1. The average molecular weight is 326 g/mol. The normalized spacial score (nSPS) is 11.9. The molecule has 1 amide bonds. The molecule has 0 aliphatic rings. The summed E-state index contributed by atoms with van der Waals surface area (Å²) >= 11 is 0. The molecule has 124 valence electrons. The number of para-hydroxylation sites is 1. The van der Waals surface area contributed by atoms with Gasteiger partial charge in [0.25, 0.3) is 0 Å². The summed E-state index contributed by atoms with van der Waals surface area (Å²) in [5, 5.41) is 6.82. The van der Waals surface area contributed by atoms with Crippen molar-refractivity contribution >= 4 is 5.91 Å². The third-order valence-corrected chi connectivity index (χ3v) is 3.60. The highest BCUT2D eigenvalue weighted by Gasteiger charge is 2.23. The molecule has 3 aromatic rings. The van der Waals surface area contributed by atoms with Gasteiger partial charge in [-0.15, -0.1) is 0 Å². The standard InChI is InChI=1S/C18H18N2O4/c1-12-10-13(20-24-12)11-17(21)19-18(16-8-5-9-23-16)14-6-3-4-7-15(14)22-2/h3-10,18H,11H2,1-2H3,(H,19,21). The average Bonchev–Trinajstić information content (AvgIpc) is 3.24. The first-order valence-corrected chi connectivity index (χ1v) is 7.55. The molecular weight excluding hydrogens is 308 g/mol. The lowest BCUT2D eigenvalue weighted by Crippen LogP contribution is -2.30. The maximum atomic E-state index is 12.4. The molecule has 0 saturated heterocycles. The Morgan fingerprint density at radius 2 is 2.12 bits per heavy atom. The molecular formula is C18H18N2O4. The summed E-state index contributed by atoms with van der Waals surface area (Å²) in [4.78, 5) is 12.4. The zero-order chi connectivity index (χ0) is 16.9. The van der Waals surface area contributed by atoms with Crippen molar-refractivity contribution in [1.82, 2.24) is 10.5 Å². The van der Waals surface area contributed by atoms with Crippen LogP contribution in [0.1, 0.15) is 28.8 Å². The van der Waals surface area contributed by atoms with Crippen molar-refractivity contribution in [2.24, 2.45) is 0 Å². The lowest BCUT2D eigenvalue weighted by atomic mass is 10.0. The van der Waals surface area contributed by atoms with Crippen LogP contribution in [-0.4, -0.2) is 18.2 Å². The van der Waals surface area contributed by atoms with Crippen molar-refractivity contribution in [3.05, 3.63) is 71.5 Å². The smallest absolute Gasteiger partial charge is 0.227 e. The van der Waals surface area contributed by atoms with E-state index in [0.717, 1.165) is 5.56 Å². The van der Waals surface area contributed by atoms with E-state index in [1.807, 2.05) is 30.3 Å². The number of nitrogens with zero attached hydrogens (tertiary/aromatic N) is 1. The van der Waals surface area contributed by atoms with Crippen LogP contribution in [0.3, 0.4) is 0 Å². The number of carbonyl (C=O) groups excluding carboxylic acids is 1. The molecule has 1 aromatic carbocycles. The van der Waals surface area contributed by atoms with E-state index in [2.05, 4.69) is 10.5 Å². The van der Waals surface area contributed by atoms with Crippen molar-refractivity contribution in [2.75, 3.05) is 7.11 Å². The van der Waals surface area contributed by atoms with Crippen molar-refractivity contribution in [1.29, 1.82) is 0 Å². The van der Waals surface area contributed by atoms with Gasteiger partial charge in [0, 0.05) is 11.6 Å². The summed E-state index contributed by atoms with van der Waals surface area (Å²) in [6, 6.07) is 12.4. The molecule has 1 atom stereocenters. The first-order valence-electron chi connectivity index (χ1n) is 7.55. The molecule has 0 aliphatic heterocycles. The van der Waals surface area contributed by atoms with E-state index in [9.17, 15) is 4.79 Å². The maximum absolute atomic E-state index is 12.4. The number of methoxy groups -OCH3 is 1. The number of carbonyl (C=O) groups is 1. The van der Waals surface area contributed by atoms with Crippen LogP contribution in [0.4, 0.5) is 0 Å². The lowest BCUT2D eigenvalue weighted by Gasteiger charge is -2.19. The number of ether oxygens (including phenoxy) is 1. The van der Waals surface area contributed by atoms with Crippen molar-refractivity contribution in [3.8, 4) is 5.75 Å². The van der Waals surface area contributed by atoms with E-state index < -0.39 is 6.04 Å². The van der Waals surface area contributed by atoms with Crippen LogP contribution >= 0.6 is 0 Å². The number of aromatic nitrogens is 1. The van der Waals surface area contributed by atoms with Gasteiger partial charge in [0.1, 0.15) is 23.3 Å². The Labute approximate surface area is 139 Å². The second-order valence-electron chi connectivity index (χ2n) is 5.36. The second kappa shape index (κ2) is 7.04. The van der Waals surface area contributed by atoms with Gasteiger partial charge in [-0.3, -0.25) is 4.79 Å². The van der Waals surface area contributed by atoms with Gasteiger partial charge in [-0.2, -0.15) is 0 Å². The molecule has 2 aromatic heterocycles. The van der Waals surface area contributed by atoms with Gasteiger partial charge < -0.3 is 19.0 Å². The Balaban J connectivity index is 1.84. The van der Waals surface area contributed by atoms with Gasteiger partial charge in [0.15, 0.2) is 0 Å². The van der Waals surface area contributed by atoms with E-state index in [-0.39, 0.29) is 12.3 Å². The zero-order valence-electron chi connectivity index (χ0n) is 13.5. The minimum atomic E-state index is -0.448. The minimum absolute atomic E-state index is 0.129. The molecule has 0 bridgehead atoms. The third-order valence-electron chi connectivity index (χ3n) is 3.60. The SMILES string of the molecule is COc1ccccc1C(NC(=O)Cc1cc(C)on1)c1ccco1. The molecule has 1 unspecified atom stereocenters. The summed E-state index contributed by atoms with van der Waals surface area (Å²) in [5.74, 6) is 1.79. The molecule has 3 rings (SSSR count). The third kappa shape index (κ3) is 3.48. The highest BCUT2D eigenvalue weighted by Crippen LogP contribution is 2.30. The van der Waals surface area contributed by atoms with Crippen LogP contribution in [0.15, 0.2) is 57.7 Å². The number of amides is 1. The monoisotopic (exact) mass is 326 g/mol. The first-order chi connectivity index (χ1) is 11.7. The number of hydrogen-bond acceptors (Lipinski definition) is 5. The Kier molecular flexibility index (Phi) is 4.65. The number of benzene rings is 1. The number of hydrogen-bond donors (Lipinski definition) is 1. The summed E-state index contributed by atoms with van der Waals surface area (Å²) in [6.07, 6.45) is 1.70. The van der Waals surface area contributed by atoms with Gasteiger partial charge >= 0.3 is 0 Å². The highest BCUT2D eigenvalue weighted by atomic mass is 16.5. The Morgan fingerprint density at radius 1 is 1.29 bits per heavy atom. The summed E-state index contributed by atoms with van der Waals surface area (Å²) in [7, 11) is 1.60. The fourth-order valence-electron chi connectivity index (χ4n) is 2.54. The van der Waals surface area contributed by atoms with Crippen LogP contribution in [0.5, 0.6) is 5.75 Å². The van der Waals surface area contributed by atoms with Crippen molar-refractivity contribution in [2.45, 2.75) is 19.4 Å². The molecule has 24 heavy (non-hydrogen) atoms. The summed E-state index contributed by atoms with van der Waals surface area (Å²) in [6.45, 7) is 1.79. The molecule has 0 aliphatic carbocycles. The van der Waals surface area contributed by atoms with Crippen LogP contribution in [0.2, 0.25) is 0 Å². The van der Waals surface area contributed by atoms with Gasteiger partial charge in [0.2, 0.25) is 5.91 Å². The molecule has 0 fully saturated rings. The summed E-state index contributed by atoms with van der Waals surface area (Å²) in [5.41, 5.74) is 1.41. The molecule has 2 heterocycles. The number of rotatable bonds is 6. The fourth-order valence-corrected chi connectivity index (χ4v) is 2.54. The lowest BCUT2D eigenvalue weighted by molar-refractivity contribution is -0.121. The minimum Gasteiger partial charge on any atom is -0.496 e. The molecule has 0 radical (unpaired) electrons. The maximum Gasteiger partial charge on any atom is 0.227 e. The first kappa shape index (κ1) is 15.9. The van der Waals surface area contributed by atoms with E-state index in [1.54, 1.807) is 32.4 Å². The number of nitrogens with one attached hydrogen (secondary N) is 1. The van der Waals surface area contributed by atoms with E-state index in [4.69, 9.17) is 13.7 Å². The molecule has 1 N–H and O–H groups in total. The topological polar surface area (TPSA) is 77.5 Å². The molecule has 0 spiro atoms. The van der Waals surface area contributed by atoms with Crippen molar-refractivity contribution in [3.63, 3.8) is 0 Å². The quantitative estimate of drug-likeness (QED) is 0.753. The molecule has 6 heteroatoms. The predicted molar refractivity (Wildman–Crippen MR) is 86.6 cm³/mol. The Morgan fingerprint density at radius 3 is 2.79 bits per heavy atom. The van der Waals surface area contributed by atoms with Gasteiger partial charge in [0.05, 0.1) is 25.5 Å². The fraction of sp³-hybridized carbons (Fsp3) is 0.222. The number of aryl methyl sites for hydroxylation is 1. The Bertz CT molecular complexity index is 808. The molecule has 6 nitrogen and oxygen atoms in total.